The zero-order chi connectivity index (χ0) is 14.1. The van der Waals surface area contributed by atoms with Crippen LogP contribution in [-0.4, -0.2) is 29.6 Å². The van der Waals surface area contributed by atoms with E-state index in [1.54, 1.807) is 0 Å². The summed E-state index contributed by atoms with van der Waals surface area (Å²) in [6, 6.07) is 0.272. The van der Waals surface area contributed by atoms with E-state index < -0.39 is 0 Å². The molecule has 1 saturated heterocycles. The summed E-state index contributed by atoms with van der Waals surface area (Å²) in [5.74, 6) is 0.839. The maximum Gasteiger partial charge on any atom is 0.225 e. The van der Waals surface area contributed by atoms with E-state index in [-0.39, 0.29) is 11.9 Å². The monoisotopic (exact) mass is 312 g/mol. The molecule has 2 N–H and O–H groups in total. The molecule has 1 aliphatic heterocycles. The van der Waals surface area contributed by atoms with Gasteiger partial charge >= 0.3 is 0 Å². The third-order valence-corrected chi connectivity index (χ3v) is 5.41. The molecule has 0 aromatic carbocycles. The fourth-order valence-electron chi connectivity index (χ4n) is 2.79. The van der Waals surface area contributed by atoms with Gasteiger partial charge in [-0.1, -0.05) is 0 Å². The highest BCUT2D eigenvalue weighted by atomic mass is 32.1. The molecule has 1 amide bonds. The second kappa shape index (κ2) is 5.95. The summed E-state index contributed by atoms with van der Waals surface area (Å²) in [4.78, 5) is 16.3. The molecule has 1 aromatic heterocycles. The zero-order valence-corrected chi connectivity index (χ0v) is 13.2. The molecule has 2 aliphatic rings. The van der Waals surface area contributed by atoms with E-state index >= 15 is 0 Å². The normalized spacial score (nSPS) is 26.4. The quantitative estimate of drug-likeness (QED) is 0.841. The first kappa shape index (κ1) is 14.2. The predicted octanol–water partition coefficient (Wildman–Crippen LogP) is 2.73. The first-order valence-corrected chi connectivity index (χ1v) is 8.44. The summed E-state index contributed by atoms with van der Waals surface area (Å²) in [6.45, 7) is 2.74. The molecular formula is C14H20N2O2S2. The highest BCUT2D eigenvalue weighted by molar-refractivity contribution is 7.73. The molecule has 0 unspecified atom stereocenters. The van der Waals surface area contributed by atoms with Crippen LogP contribution in [-0.2, 0) is 16.0 Å². The largest absolute Gasteiger partial charge is 0.378 e. The van der Waals surface area contributed by atoms with E-state index in [2.05, 4.69) is 10.3 Å². The molecule has 3 rings (SSSR count). The number of hydrogen-bond donors (Lipinski definition) is 2. The summed E-state index contributed by atoms with van der Waals surface area (Å²) in [5.41, 5.74) is 1.01. The van der Waals surface area contributed by atoms with Crippen LogP contribution in [0.2, 0.25) is 0 Å². The molecular weight excluding hydrogens is 292 g/mol. The Balaban J connectivity index is 1.53. The van der Waals surface area contributed by atoms with Crippen LogP contribution in [0.4, 0.5) is 0 Å². The first-order valence-electron chi connectivity index (χ1n) is 7.21. The minimum atomic E-state index is 0.0970. The molecule has 110 valence electrons. The molecule has 0 spiro atoms. The Kier molecular flexibility index (Phi) is 4.23. The van der Waals surface area contributed by atoms with Gasteiger partial charge in [0.15, 0.2) is 3.95 Å². The lowest BCUT2D eigenvalue weighted by Gasteiger charge is -2.30. The van der Waals surface area contributed by atoms with E-state index in [9.17, 15) is 4.79 Å². The molecule has 1 aliphatic carbocycles. The van der Waals surface area contributed by atoms with E-state index in [4.69, 9.17) is 17.0 Å². The molecule has 0 radical (unpaired) electrons. The molecule has 2 fully saturated rings. The third-order valence-electron chi connectivity index (χ3n) is 4.07. The van der Waals surface area contributed by atoms with Crippen molar-refractivity contribution in [3.05, 3.63) is 14.5 Å². The number of aromatic amines is 1. The van der Waals surface area contributed by atoms with Gasteiger partial charge < -0.3 is 15.0 Å². The van der Waals surface area contributed by atoms with Gasteiger partial charge in [-0.2, -0.15) is 0 Å². The summed E-state index contributed by atoms with van der Waals surface area (Å²) in [7, 11) is 0. The van der Waals surface area contributed by atoms with E-state index in [0.717, 1.165) is 39.9 Å². The Hall–Kier alpha value is -0.720. The van der Waals surface area contributed by atoms with Crippen molar-refractivity contribution < 1.29 is 9.53 Å². The van der Waals surface area contributed by atoms with Gasteiger partial charge in [0, 0.05) is 23.2 Å². The maximum absolute atomic E-state index is 12.1. The van der Waals surface area contributed by atoms with Crippen molar-refractivity contribution in [2.24, 2.45) is 5.92 Å². The highest BCUT2D eigenvalue weighted by Crippen LogP contribution is 2.38. The van der Waals surface area contributed by atoms with Crippen molar-refractivity contribution in [2.75, 3.05) is 6.61 Å². The van der Waals surface area contributed by atoms with E-state index in [1.165, 1.54) is 24.2 Å². The SMILES string of the molecule is Cc1[nH]c(=S)sc1CC(=O)N[C@@H]1CCO[C@@H](C2CC2)C1. The van der Waals surface area contributed by atoms with Crippen LogP contribution >= 0.6 is 23.6 Å². The van der Waals surface area contributed by atoms with Gasteiger partial charge in [0.1, 0.15) is 0 Å². The fourth-order valence-corrected chi connectivity index (χ4v) is 4.08. The average Bonchev–Trinajstić information content (AvgIpc) is 3.18. The van der Waals surface area contributed by atoms with Crippen molar-refractivity contribution in [1.29, 1.82) is 0 Å². The van der Waals surface area contributed by atoms with Crippen LogP contribution in [0.5, 0.6) is 0 Å². The standard InChI is InChI=1S/C14H20N2O2S2/c1-8-12(20-14(19)15-8)7-13(17)16-10-4-5-18-11(6-10)9-2-3-9/h9-11H,2-7H2,1H3,(H,15,19)(H,16,17)/t10-,11-/m1/s1. The van der Waals surface area contributed by atoms with Gasteiger partial charge in [0.2, 0.25) is 5.91 Å². The number of H-pyrrole nitrogens is 1. The first-order chi connectivity index (χ1) is 9.61. The van der Waals surface area contributed by atoms with Crippen molar-refractivity contribution >= 4 is 29.5 Å². The number of thiazole rings is 1. The Bertz CT molecular complexity index is 548. The van der Waals surface area contributed by atoms with Crippen LogP contribution in [0.25, 0.3) is 0 Å². The lowest BCUT2D eigenvalue weighted by molar-refractivity contribution is -0.122. The Labute approximate surface area is 127 Å². The van der Waals surface area contributed by atoms with Gasteiger partial charge in [0.05, 0.1) is 12.5 Å². The number of carbonyl (C=O) groups is 1. The van der Waals surface area contributed by atoms with Crippen LogP contribution in [0.1, 0.15) is 36.3 Å². The van der Waals surface area contributed by atoms with Gasteiger partial charge in [-0.25, -0.2) is 0 Å². The zero-order valence-electron chi connectivity index (χ0n) is 11.6. The number of aryl methyl sites for hydroxylation is 1. The van der Waals surface area contributed by atoms with Gasteiger partial charge in [0.25, 0.3) is 0 Å². The number of ether oxygens (including phenoxy) is 1. The number of amides is 1. The molecule has 1 saturated carbocycles. The smallest absolute Gasteiger partial charge is 0.225 e. The predicted molar refractivity (Wildman–Crippen MR) is 81.6 cm³/mol. The van der Waals surface area contributed by atoms with Crippen LogP contribution in [0.3, 0.4) is 0 Å². The summed E-state index contributed by atoms with van der Waals surface area (Å²) >= 11 is 6.59. The number of aromatic nitrogens is 1. The second-order valence-corrected chi connectivity index (χ2v) is 7.55. The third kappa shape index (κ3) is 3.48. The number of carbonyl (C=O) groups excluding carboxylic acids is 1. The van der Waals surface area contributed by atoms with Gasteiger partial charge in [-0.05, 0) is 50.7 Å². The topological polar surface area (TPSA) is 54.1 Å². The van der Waals surface area contributed by atoms with Crippen molar-refractivity contribution in [3.63, 3.8) is 0 Å². The van der Waals surface area contributed by atoms with Gasteiger partial charge in [-0.3, -0.25) is 4.79 Å². The number of nitrogens with one attached hydrogen (secondary N) is 2. The van der Waals surface area contributed by atoms with Crippen LogP contribution in [0, 0.1) is 16.8 Å². The van der Waals surface area contributed by atoms with Crippen molar-refractivity contribution in [3.8, 4) is 0 Å². The van der Waals surface area contributed by atoms with Crippen molar-refractivity contribution in [1.82, 2.24) is 10.3 Å². The molecule has 0 bridgehead atoms. The molecule has 1 aromatic rings. The molecule has 20 heavy (non-hydrogen) atoms. The summed E-state index contributed by atoms with van der Waals surface area (Å²) in [5, 5.41) is 3.16. The lowest BCUT2D eigenvalue weighted by Crippen LogP contribution is -2.43. The van der Waals surface area contributed by atoms with E-state index in [0.29, 0.717) is 12.5 Å². The highest BCUT2D eigenvalue weighted by Gasteiger charge is 2.36. The summed E-state index contributed by atoms with van der Waals surface area (Å²) < 4.78 is 6.53. The fraction of sp³-hybridized carbons (Fsp3) is 0.714. The Morgan fingerprint density at radius 1 is 1.50 bits per heavy atom. The Morgan fingerprint density at radius 2 is 2.30 bits per heavy atom. The Morgan fingerprint density at radius 3 is 2.95 bits per heavy atom. The summed E-state index contributed by atoms with van der Waals surface area (Å²) in [6.07, 6.45) is 5.27. The molecule has 6 heteroatoms. The number of rotatable bonds is 4. The number of hydrogen-bond acceptors (Lipinski definition) is 4. The molecule has 2 atom stereocenters. The van der Waals surface area contributed by atoms with Crippen LogP contribution in [0.15, 0.2) is 0 Å². The van der Waals surface area contributed by atoms with Crippen LogP contribution < -0.4 is 5.32 Å². The molecule has 4 nitrogen and oxygen atoms in total. The lowest BCUT2D eigenvalue weighted by atomic mass is 10.00. The minimum absolute atomic E-state index is 0.0970. The van der Waals surface area contributed by atoms with Gasteiger partial charge in [-0.15, -0.1) is 11.3 Å². The minimum Gasteiger partial charge on any atom is -0.378 e. The maximum atomic E-state index is 12.1. The van der Waals surface area contributed by atoms with Crippen molar-refractivity contribution in [2.45, 2.75) is 51.2 Å². The second-order valence-electron chi connectivity index (χ2n) is 5.77. The average molecular weight is 312 g/mol. The molecule has 2 heterocycles. The van der Waals surface area contributed by atoms with E-state index in [1.807, 2.05) is 6.92 Å².